The number of aryl methyl sites for hydroxylation is 1. The average Bonchev–Trinajstić information content (AvgIpc) is 2.18. The molecule has 0 N–H and O–H groups in total. The van der Waals surface area contributed by atoms with Crippen LogP contribution in [-0.4, -0.2) is 22.6 Å². The lowest BCUT2D eigenvalue weighted by Gasteiger charge is -2.15. The second kappa shape index (κ2) is 4.51. The van der Waals surface area contributed by atoms with E-state index in [0.717, 1.165) is 0 Å². The van der Waals surface area contributed by atoms with E-state index >= 15 is 0 Å². The summed E-state index contributed by atoms with van der Waals surface area (Å²) in [4.78, 5) is -0.0338. The lowest BCUT2D eigenvalue weighted by atomic mass is 10.1. The fraction of sp³-hybridized carbons (Fsp3) is 0.400. The van der Waals surface area contributed by atoms with Gasteiger partial charge in [0.2, 0.25) is 0 Å². The summed E-state index contributed by atoms with van der Waals surface area (Å²) in [7, 11) is 4.39. The highest BCUT2D eigenvalue weighted by Gasteiger charge is 2.24. The molecule has 16 heavy (non-hydrogen) atoms. The third-order valence-electron chi connectivity index (χ3n) is 2.29. The van der Waals surface area contributed by atoms with Crippen molar-refractivity contribution in [2.75, 3.05) is 14.2 Å². The van der Waals surface area contributed by atoms with Gasteiger partial charge in [-0.2, -0.15) is 0 Å². The first-order valence-electron chi connectivity index (χ1n) is 4.49. The van der Waals surface area contributed by atoms with Crippen LogP contribution in [0.2, 0.25) is 0 Å². The highest BCUT2D eigenvalue weighted by atomic mass is 35.7. The Morgan fingerprint density at radius 2 is 1.75 bits per heavy atom. The molecule has 0 fully saturated rings. The molecule has 0 aliphatic rings. The average molecular weight is 265 g/mol. The van der Waals surface area contributed by atoms with Crippen LogP contribution in [0.1, 0.15) is 11.1 Å². The van der Waals surface area contributed by atoms with Crippen molar-refractivity contribution in [1.29, 1.82) is 0 Å². The minimum atomic E-state index is -3.86. The van der Waals surface area contributed by atoms with Crippen molar-refractivity contribution in [3.8, 4) is 11.5 Å². The van der Waals surface area contributed by atoms with E-state index in [4.69, 9.17) is 20.2 Å². The minimum Gasteiger partial charge on any atom is -0.496 e. The van der Waals surface area contributed by atoms with Crippen LogP contribution in [0.3, 0.4) is 0 Å². The largest absolute Gasteiger partial charge is 0.496 e. The first kappa shape index (κ1) is 13.1. The molecule has 4 nitrogen and oxygen atoms in total. The molecule has 0 saturated heterocycles. The molecule has 0 saturated carbocycles. The molecule has 0 spiro atoms. The summed E-state index contributed by atoms with van der Waals surface area (Å²) in [6, 6.07) is 1.71. The van der Waals surface area contributed by atoms with E-state index in [9.17, 15) is 8.42 Å². The molecule has 0 aliphatic carbocycles. The highest BCUT2D eigenvalue weighted by Crippen LogP contribution is 2.38. The van der Waals surface area contributed by atoms with Gasteiger partial charge in [-0.25, -0.2) is 8.42 Å². The van der Waals surface area contributed by atoms with Crippen LogP contribution >= 0.6 is 10.7 Å². The number of ether oxygens (including phenoxy) is 2. The summed E-state index contributed by atoms with van der Waals surface area (Å²) >= 11 is 0. The molecule has 1 aromatic carbocycles. The highest BCUT2D eigenvalue weighted by molar-refractivity contribution is 8.13. The minimum absolute atomic E-state index is 0.0338. The standard InChI is InChI=1S/C10H13ClO4S/c1-6-5-8(14-3)7(2)10(9(6)15-4)16(11,12)13/h5H,1-4H3. The van der Waals surface area contributed by atoms with Gasteiger partial charge in [-0.1, -0.05) is 0 Å². The third kappa shape index (κ3) is 2.25. The van der Waals surface area contributed by atoms with Crippen molar-refractivity contribution in [2.24, 2.45) is 0 Å². The molecular formula is C10H13ClO4S. The molecule has 0 aliphatic heterocycles. The van der Waals surface area contributed by atoms with Gasteiger partial charge in [-0.15, -0.1) is 0 Å². The summed E-state index contributed by atoms with van der Waals surface area (Å²) < 4.78 is 33.1. The Morgan fingerprint density at radius 3 is 2.12 bits per heavy atom. The lowest BCUT2D eigenvalue weighted by molar-refractivity contribution is 0.387. The molecular weight excluding hydrogens is 252 g/mol. The van der Waals surface area contributed by atoms with Crippen LogP contribution in [0.25, 0.3) is 0 Å². The molecule has 0 radical (unpaired) electrons. The summed E-state index contributed by atoms with van der Waals surface area (Å²) in [5.74, 6) is 0.728. The molecule has 0 atom stereocenters. The van der Waals surface area contributed by atoms with Crippen LogP contribution in [0.15, 0.2) is 11.0 Å². The number of benzene rings is 1. The number of methoxy groups -OCH3 is 2. The number of hydrogen-bond acceptors (Lipinski definition) is 4. The van der Waals surface area contributed by atoms with Crippen molar-refractivity contribution >= 4 is 19.7 Å². The van der Waals surface area contributed by atoms with Gasteiger partial charge in [-0.3, -0.25) is 0 Å². The summed E-state index contributed by atoms with van der Waals surface area (Å²) in [6.45, 7) is 3.35. The summed E-state index contributed by atoms with van der Waals surface area (Å²) in [5.41, 5.74) is 1.10. The van der Waals surface area contributed by atoms with E-state index < -0.39 is 9.05 Å². The maximum absolute atomic E-state index is 11.5. The second-order valence-electron chi connectivity index (χ2n) is 3.32. The van der Waals surface area contributed by atoms with E-state index in [0.29, 0.717) is 16.9 Å². The molecule has 0 aromatic heterocycles. The van der Waals surface area contributed by atoms with E-state index in [2.05, 4.69) is 0 Å². The van der Waals surface area contributed by atoms with E-state index in [1.54, 1.807) is 19.9 Å². The van der Waals surface area contributed by atoms with Crippen LogP contribution < -0.4 is 9.47 Å². The van der Waals surface area contributed by atoms with E-state index in [-0.39, 0.29) is 10.6 Å². The van der Waals surface area contributed by atoms with Crippen molar-refractivity contribution in [1.82, 2.24) is 0 Å². The Labute approximate surface area is 99.6 Å². The van der Waals surface area contributed by atoms with Crippen LogP contribution in [0, 0.1) is 13.8 Å². The van der Waals surface area contributed by atoms with Crippen molar-refractivity contribution in [3.63, 3.8) is 0 Å². The van der Waals surface area contributed by atoms with Crippen LogP contribution in [0.5, 0.6) is 11.5 Å². The summed E-state index contributed by atoms with van der Waals surface area (Å²) in [6.07, 6.45) is 0. The van der Waals surface area contributed by atoms with Gasteiger partial charge in [-0.05, 0) is 25.5 Å². The van der Waals surface area contributed by atoms with Gasteiger partial charge >= 0.3 is 0 Å². The number of halogens is 1. The van der Waals surface area contributed by atoms with Gasteiger partial charge in [0.1, 0.15) is 16.4 Å². The Bertz CT molecular complexity index is 508. The summed E-state index contributed by atoms with van der Waals surface area (Å²) in [5, 5.41) is 0. The molecule has 6 heteroatoms. The van der Waals surface area contributed by atoms with Gasteiger partial charge < -0.3 is 9.47 Å². The predicted molar refractivity (Wildman–Crippen MR) is 62.1 cm³/mol. The molecule has 0 heterocycles. The lowest BCUT2D eigenvalue weighted by Crippen LogP contribution is -2.03. The Kier molecular flexibility index (Phi) is 3.70. The molecule has 1 rings (SSSR count). The zero-order chi connectivity index (χ0) is 12.5. The van der Waals surface area contributed by atoms with E-state index in [1.807, 2.05) is 0 Å². The predicted octanol–water partition coefficient (Wildman–Crippen LogP) is 2.25. The Hall–Kier alpha value is -0.940. The van der Waals surface area contributed by atoms with Gasteiger partial charge in [0.05, 0.1) is 14.2 Å². The fourth-order valence-corrected chi connectivity index (χ4v) is 3.08. The molecule has 0 amide bonds. The van der Waals surface area contributed by atoms with Crippen molar-refractivity contribution in [3.05, 3.63) is 17.2 Å². The fourth-order valence-electron chi connectivity index (χ4n) is 1.59. The first-order chi connectivity index (χ1) is 7.32. The van der Waals surface area contributed by atoms with Crippen LogP contribution in [0.4, 0.5) is 0 Å². The maximum atomic E-state index is 11.5. The van der Waals surface area contributed by atoms with Gasteiger partial charge in [0, 0.05) is 16.2 Å². The SMILES string of the molecule is COc1cc(C)c(OC)c(S(=O)(=O)Cl)c1C. The number of hydrogen-bond donors (Lipinski definition) is 0. The quantitative estimate of drug-likeness (QED) is 0.786. The Balaban J connectivity index is 3.73. The third-order valence-corrected chi connectivity index (χ3v) is 3.73. The van der Waals surface area contributed by atoms with E-state index in [1.165, 1.54) is 14.2 Å². The van der Waals surface area contributed by atoms with Crippen molar-refractivity contribution in [2.45, 2.75) is 18.7 Å². The molecule has 90 valence electrons. The zero-order valence-corrected chi connectivity index (χ0v) is 11.1. The van der Waals surface area contributed by atoms with Gasteiger partial charge in [0.25, 0.3) is 9.05 Å². The molecule has 0 bridgehead atoms. The topological polar surface area (TPSA) is 52.6 Å². The first-order valence-corrected chi connectivity index (χ1v) is 6.80. The Morgan fingerprint density at radius 1 is 1.19 bits per heavy atom. The van der Waals surface area contributed by atoms with Crippen molar-refractivity contribution < 1.29 is 17.9 Å². The number of rotatable bonds is 3. The van der Waals surface area contributed by atoms with Crippen LogP contribution in [-0.2, 0) is 9.05 Å². The maximum Gasteiger partial charge on any atom is 0.265 e. The zero-order valence-electron chi connectivity index (χ0n) is 9.50. The second-order valence-corrected chi connectivity index (χ2v) is 5.82. The smallest absolute Gasteiger partial charge is 0.265 e. The monoisotopic (exact) mass is 264 g/mol. The molecule has 0 unspecified atom stereocenters. The van der Waals surface area contributed by atoms with Gasteiger partial charge in [0.15, 0.2) is 0 Å². The normalized spacial score (nSPS) is 11.3. The molecule has 1 aromatic rings.